The summed E-state index contributed by atoms with van der Waals surface area (Å²) >= 11 is 9.69. The quantitative estimate of drug-likeness (QED) is 0.407. The maximum atomic E-state index is 6.30. The van der Waals surface area contributed by atoms with Gasteiger partial charge in [0.2, 0.25) is 0 Å². The molecule has 2 heterocycles. The van der Waals surface area contributed by atoms with Crippen LogP contribution in [0.4, 0.5) is 0 Å². The number of hydrogen-bond acceptors (Lipinski definition) is 4. The monoisotopic (exact) mass is 396 g/mol. The minimum atomic E-state index is 0.168. The van der Waals surface area contributed by atoms with E-state index in [9.17, 15) is 0 Å². The first kappa shape index (κ1) is 17.4. The lowest BCUT2D eigenvalue weighted by atomic mass is 10.1. The van der Waals surface area contributed by atoms with Crippen molar-refractivity contribution in [1.29, 1.82) is 0 Å². The fourth-order valence-corrected chi connectivity index (χ4v) is 4.80. The van der Waals surface area contributed by atoms with Crippen molar-refractivity contribution in [1.82, 2.24) is 10.3 Å². The van der Waals surface area contributed by atoms with Gasteiger partial charge in [-0.3, -0.25) is 5.32 Å². The maximum Gasteiger partial charge on any atom is 0.125 e. The lowest BCUT2D eigenvalue weighted by Crippen LogP contribution is -2.21. The third-order valence-corrected chi connectivity index (χ3v) is 6.30. The highest BCUT2D eigenvalue weighted by molar-refractivity contribution is 7.13. The predicted molar refractivity (Wildman–Crippen MR) is 112 cm³/mol. The Morgan fingerprint density at radius 1 is 0.923 bits per heavy atom. The molecule has 0 amide bonds. The second kappa shape index (κ2) is 8.14. The van der Waals surface area contributed by atoms with Crippen molar-refractivity contribution in [2.75, 3.05) is 0 Å². The third kappa shape index (κ3) is 3.89. The van der Waals surface area contributed by atoms with Crippen LogP contribution in [0.25, 0.3) is 10.6 Å². The van der Waals surface area contributed by atoms with Crippen LogP contribution in [-0.4, -0.2) is 4.98 Å². The van der Waals surface area contributed by atoms with Crippen LogP contribution in [0, 0.1) is 0 Å². The van der Waals surface area contributed by atoms with Gasteiger partial charge in [0.05, 0.1) is 16.8 Å². The van der Waals surface area contributed by atoms with Gasteiger partial charge in [-0.25, -0.2) is 4.98 Å². The second-order valence-corrected chi connectivity index (χ2v) is 8.11. The molecule has 26 heavy (non-hydrogen) atoms. The second-order valence-electron chi connectivity index (χ2n) is 5.86. The van der Waals surface area contributed by atoms with Crippen LogP contribution in [0.2, 0.25) is 5.02 Å². The number of thiazole rings is 1. The van der Waals surface area contributed by atoms with E-state index in [0.29, 0.717) is 6.54 Å². The van der Waals surface area contributed by atoms with Crippen LogP contribution in [0.15, 0.2) is 77.5 Å². The maximum absolute atomic E-state index is 6.30. The Morgan fingerprint density at radius 2 is 1.73 bits per heavy atom. The smallest absolute Gasteiger partial charge is 0.125 e. The van der Waals surface area contributed by atoms with Crippen molar-refractivity contribution < 1.29 is 0 Å². The van der Waals surface area contributed by atoms with E-state index in [1.54, 1.807) is 22.7 Å². The Kier molecular flexibility index (Phi) is 5.46. The number of nitrogens with one attached hydrogen (secondary N) is 1. The van der Waals surface area contributed by atoms with E-state index in [0.717, 1.165) is 21.3 Å². The number of aromatic nitrogens is 1. The lowest BCUT2D eigenvalue weighted by molar-refractivity contribution is 0.606. The highest BCUT2D eigenvalue weighted by atomic mass is 35.5. The molecule has 1 N–H and O–H groups in total. The Hall–Kier alpha value is -1.98. The largest absolute Gasteiger partial charge is 0.300 e. The molecular formula is C21H17ClN2S2. The Labute approximate surface area is 166 Å². The predicted octanol–water partition coefficient (Wildman–Crippen LogP) is 6.40. The van der Waals surface area contributed by atoms with Crippen molar-refractivity contribution in [3.8, 4) is 10.6 Å². The zero-order valence-corrected chi connectivity index (χ0v) is 16.3. The molecule has 1 atom stereocenters. The van der Waals surface area contributed by atoms with Crippen LogP contribution in [0.3, 0.4) is 0 Å². The average molecular weight is 397 g/mol. The molecule has 0 fully saturated rings. The molecule has 0 aliphatic carbocycles. The first-order valence-electron chi connectivity index (χ1n) is 8.32. The number of hydrogen-bond donors (Lipinski definition) is 1. The minimum absolute atomic E-state index is 0.168. The topological polar surface area (TPSA) is 24.9 Å². The van der Waals surface area contributed by atoms with Crippen LogP contribution < -0.4 is 5.32 Å². The molecule has 4 rings (SSSR count). The molecule has 2 aromatic heterocycles. The Morgan fingerprint density at radius 3 is 2.50 bits per heavy atom. The number of rotatable bonds is 6. The minimum Gasteiger partial charge on any atom is -0.300 e. The normalized spacial score (nSPS) is 12.2. The summed E-state index contributed by atoms with van der Waals surface area (Å²) in [6, 6.07) is 22.8. The molecule has 2 nitrogen and oxygen atoms in total. The molecule has 0 unspecified atom stereocenters. The van der Waals surface area contributed by atoms with E-state index in [-0.39, 0.29) is 6.04 Å². The summed E-state index contributed by atoms with van der Waals surface area (Å²) in [5.41, 5.74) is 3.28. The van der Waals surface area contributed by atoms with Gasteiger partial charge in [0.15, 0.2) is 0 Å². The summed E-state index contributed by atoms with van der Waals surface area (Å²) < 4.78 is 0. The summed E-state index contributed by atoms with van der Waals surface area (Å²) in [6.45, 7) is 0.707. The third-order valence-electron chi connectivity index (χ3n) is 4.10. The average Bonchev–Trinajstić information content (AvgIpc) is 3.36. The molecule has 4 aromatic rings. The van der Waals surface area contributed by atoms with Crippen molar-refractivity contribution in [2.45, 2.75) is 12.6 Å². The van der Waals surface area contributed by atoms with E-state index in [4.69, 9.17) is 16.6 Å². The van der Waals surface area contributed by atoms with Gasteiger partial charge >= 0.3 is 0 Å². The zero-order chi connectivity index (χ0) is 17.8. The fourth-order valence-electron chi connectivity index (χ4n) is 2.84. The van der Waals surface area contributed by atoms with Crippen molar-refractivity contribution >= 4 is 34.3 Å². The van der Waals surface area contributed by atoms with E-state index in [1.165, 1.54) is 10.4 Å². The van der Waals surface area contributed by atoms with Gasteiger partial charge in [0.25, 0.3) is 0 Å². The van der Waals surface area contributed by atoms with Crippen LogP contribution in [-0.2, 0) is 6.54 Å². The molecule has 0 aliphatic rings. The summed E-state index contributed by atoms with van der Waals surface area (Å²) in [4.78, 5) is 6.07. The summed E-state index contributed by atoms with van der Waals surface area (Å²) in [5.74, 6) is 0. The van der Waals surface area contributed by atoms with E-state index < -0.39 is 0 Å². The zero-order valence-electron chi connectivity index (χ0n) is 13.9. The first-order valence-corrected chi connectivity index (χ1v) is 10.5. The van der Waals surface area contributed by atoms with Crippen LogP contribution in [0.1, 0.15) is 22.2 Å². The van der Waals surface area contributed by atoms with Crippen molar-refractivity contribution in [3.05, 3.63) is 98.6 Å². The van der Waals surface area contributed by atoms with E-state index in [2.05, 4.69) is 52.5 Å². The number of thiophene rings is 1. The molecule has 2 aromatic carbocycles. The first-order chi connectivity index (χ1) is 12.8. The van der Waals surface area contributed by atoms with Gasteiger partial charge in [-0.15, -0.1) is 22.7 Å². The molecule has 0 radical (unpaired) electrons. The molecule has 5 heteroatoms. The SMILES string of the molecule is Clc1ccccc1-c1nc(CN[C@@H](c2ccccc2)c2cccs2)cs1. The van der Waals surface area contributed by atoms with E-state index >= 15 is 0 Å². The molecule has 0 saturated carbocycles. The number of benzene rings is 2. The molecule has 130 valence electrons. The number of halogens is 1. The van der Waals surface area contributed by atoms with Gasteiger partial charge in [-0.05, 0) is 23.1 Å². The van der Waals surface area contributed by atoms with Gasteiger partial charge in [-0.2, -0.15) is 0 Å². The summed E-state index contributed by atoms with van der Waals surface area (Å²) in [6.07, 6.45) is 0. The highest BCUT2D eigenvalue weighted by Crippen LogP contribution is 2.31. The summed E-state index contributed by atoms with van der Waals surface area (Å²) in [5, 5.41) is 9.57. The standard InChI is InChI=1S/C21H17ClN2S2/c22-18-10-5-4-9-17(18)21-24-16(14-26-21)13-23-20(19-11-6-12-25-19)15-7-2-1-3-8-15/h1-12,14,20,23H,13H2/t20-/m0/s1. The fraction of sp³-hybridized carbons (Fsp3) is 0.0952. The molecular weight excluding hydrogens is 380 g/mol. The Bertz CT molecular complexity index is 965. The van der Waals surface area contributed by atoms with Gasteiger partial charge in [0, 0.05) is 22.4 Å². The molecule has 0 spiro atoms. The van der Waals surface area contributed by atoms with Crippen molar-refractivity contribution in [3.63, 3.8) is 0 Å². The Balaban J connectivity index is 1.53. The molecule has 0 saturated heterocycles. The van der Waals surface area contributed by atoms with Crippen molar-refractivity contribution in [2.24, 2.45) is 0 Å². The molecule has 0 bridgehead atoms. The van der Waals surface area contributed by atoms with Gasteiger partial charge in [0.1, 0.15) is 5.01 Å². The highest BCUT2D eigenvalue weighted by Gasteiger charge is 2.15. The number of nitrogens with zero attached hydrogens (tertiary/aromatic N) is 1. The van der Waals surface area contributed by atoms with Crippen LogP contribution in [0.5, 0.6) is 0 Å². The van der Waals surface area contributed by atoms with E-state index in [1.807, 2.05) is 30.3 Å². The van der Waals surface area contributed by atoms with Gasteiger partial charge in [-0.1, -0.05) is 66.2 Å². The van der Waals surface area contributed by atoms with Crippen LogP contribution >= 0.6 is 34.3 Å². The lowest BCUT2D eigenvalue weighted by Gasteiger charge is -2.17. The summed E-state index contributed by atoms with van der Waals surface area (Å²) in [7, 11) is 0. The molecule has 0 aliphatic heterocycles. The van der Waals surface area contributed by atoms with Gasteiger partial charge < -0.3 is 0 Å².